The monoisotopic (exact) mass is 405 g/mol. The van der Waals surface area contributed by atoms with Gasteiger partial charge in [0.15, 0.2) is 0 Å². The molecule has 4 heteroatoms. The quantitative estimate of drug-likeness (QED) is 0.731. The van der Waals surface area contributed by atoms with Crippen LogP contribution in [0.3, 0.4) is 0 Å². The van der Waals surface area contributed by atoms with E-state index in [9.17, 15) is 4.79 Å². The Balaban J connectivity index is 1.20. The van der Waals surface area contributed by atoms with E-state index in [1.165, 1.54) is 16.7 Å². The minimum Gasteiger partial charge on any atom is -0.340 e. The number of piperazine rings is 1. The molecule has 0 aromatic heterocycles. The van der Waals surface area contributed by atoms with Gasteiger partial charge in [-0.2, -0.15) is 0 Å². The Labute approximate surface area is 181 Å². The average molecular weight is 406 g/mol. The van der Waals surface area contributed by atoms with Crippen LogP contribution in [0.4, 0.5) is 0 Å². The fourth-order valence-electron chi connectivity index (χ4n) is 4.70. The molecule has 0 spiro atoms. The van der Waals surface area contributed by atoms with Crippen molar-refractivity contribution in [1.82, 2.24) is 14.7 Å². The molecule has 2 aliphatic rings. The lowest BCUT2D eigenvalue weighted by atomic mass is 9.94. The maximum absolute atomic E-state index is 13.0. The zero-order valence-electron chi connectivity index (χ0n) is 18.3. The smallest absolute Gasteiger partial charge is 0.225 e. The SMILES string of the molecule is CCc1ccc(CN2CCC(C(=O)N3CCN(Cc4ccccc4)CC3)CC2)cc1. The van der Waals surface area contributed by atoms with Crippen LogP contribution in [0.25, 0.3) is 0 Å². The lowest BCUT2D eigenvalue weighted by Crippen LogP contribution is -2.51. The number of benzene rings is 2. The van der Waals surface area contributed by atoms with Crippen molar-refractivity contribution in [1.29, 1.82) is 0 Å². The topological polar surface area (TPSA) is 26.8 Å². The number of amides is 1. The molecule has 0 N–H and O–H groups in total. The fraction of sp³-hybridized carbons (Fsp3) is 0.500. The maximum Gasteiger partial charge on any atom is 0.225 e. The fourth-order valence-corrected chi connectivity index (χ4v) is 4.70. The molecule has 2 heterocycles. The molecule has 4 nitrogen and oxygen atoms in total. The molecule has 160 valence electrons. The van der Waals surface area contributed by atoms with Gasteiger partial charge in [0.25, 0.3) is 0 Å². The second-order valence-corrected chi connectivity index (χ2v) is 8.81. The largest absolute Gasteiger partial charge is 0.340 e. The van der Waals surface area contributed by atoms with Gasteiger partial charge in [0, 0.05) is 45.2 Å². The summed E-state index contributed by atoms with van der Waals surface area (Å²) in [5.74, 6) is 0.603. The van der Waals surface area contributed by atoms with Crippen molar-refractivity contribution in [2.45, 2.75) is 39.3 Å². The van der Waals surface area contributed by atoms with Gasteiger partial charge in [0.1, 0.15) is 0 Å². The summed E-state index contributed by atoms with van der Waals surface area (Å²) in [6, 6.07) is 19.6. The lowest BCUT2D eigenvalue weighted by molar-refractivity contribution is -0.139. The van der Waals surface area contributed by atoms with E-state index in [1.54, 1.807) is 0 Å². The van der Waals surface area contributed by atoms with E-state index < -0.39 is 0 Å². The van der Waals surface area contributed by atoms with Crippen LogP contribution >= 0.6 is 0 Å². The van der Waals surface area contributed by atoms with Gasteiger partial charge in [-0.1, -0.05) is 61.5 Å². The van der Waals surface area contributed by atoms with Crippen LogP contribution in [0.5, 0.6) is 0 Å². The van der Waals surface area contributed by atoms with Gasteiger partial charge in [0.05, 0.1) is 0 Å². The van der Waals surface area contributed by atoms with E-state index in [4.69, 9.17) is 0 Å². The molecule has 1 amide bonds. The van der Waals surface area contributed by atoms with E-state index >= 15 is 0 Å². The number of nitrogens with zero attached hydrogens (tertiary/aromatic N) is 3. The number of carbonyl (C=O) groups is 1. The summed E-state index contributed by atoms with van der Waals surface area (Å²) in [6.45, 7) is 9.94. The predicted molar refractivity (Wildman–Crippen MR) is 122 cm³/mol. The lowest BCUT2D eigenvalue weighted by Gasteiger charge is -2.38. The Morgan fingerprint density at radius 3 is 1.87 bits per heavy atom. The number of aryl methyl sites for hydroxylation is 1. The number of carbonyl (C=O) groups excluding carboxylic acids is 1. The first-order valence-electron chi connectivity index (χ1n) is 11.6. The predicted octanol–water partition coefficient (Wildman–Crippen LogP) is 3.81. The van der Waals surface area contributed by atoms with Crippen molar-refractivity contribution >= 4 is 5.91 Å². The van der Waals surface area contributed by atoms with Gasteiger partial charge >= 0.3 is 0 Å². The molecular weight excluding hydrogens is 370 g/mol. The second kappa shape index (κ2) is 10.2. The molecule has 0 bridgehead atoms. The van der Waals surface area contributed by atoms with Crippen molar-refractivity contribution in [3.63, 3.8) is 0 Å². The summed E-state index contributed by atoms with van der Waals surface area (Å²) in [5, 5.41) is 0. The van der Waals surface area contributed by atoms with Gasteiger partial charge < -0.3 is 4.90 Å². The van der Waals surface area contributed by atoms with E-state index in [0.29, 0.717) is 5.91 Å². The van der Waals surface area contributed by atoms with Crippen molar-refractivity contribution in [3.05, 3.63) is 71.3 Å². The summed E-state index contributed by atoms with van der Waals surface area (Å²) < 4.78 is 0. The van der Waals surface area contributed by atoms with Crippen LogP contribution in [0.1, 0.15) is 36.5 Å². The Morgan fingerprint density at radius 1 is 0.733 bits per heavy atom. The highest BCUT2D eigenvalue weighted by molar-refractivity contribution is 5.79. The number of rotatable bonds is 6. The zero-order valence-corrected chi connectivity index (χ0v) is 18.3. The van der Waals surface area contributed by atoms with Crippen LogP contribution in [0, 0.1) is 5.92 Å². The summed E-state index contributed by atoms with van der Waals surface area (Å²) in [6.07, 6.45) is 3.08. The van der Waals surface area contributed by atoms with Crippen molar-refractivity contribution in [2.75, 3.05) is 39.3 Å². The molecule has 0 unspecified atom stereocenters. The molecular formula is C26H35N3O. The summed E-state index contributed by atoms with van der Waals surface area (Å²) in [4.78, 5) is 20.1. The van der Waals surface area contributed by atoms with Crippen molar-refractivity contribution in [2.24, 2.45) is 5.92 Å². The van der Waals surface area contributed by atoms with Crippen LogP contribution in [-0.4, -0.2) is 59.9 Å². The molecule has 30 heavy (non-hydrogen) atoms. The Morgan fingerprint density at radius 2 is 1.27 bits per heavy atom. The first-order valence-corrected chi connectivity index (χ1v) is 11.6. The molecule has 0 radical (unpaired) electrons. The number of hydrogen-bond donors (Lipinski definition) is 0. The zero-order chi connectivity index (χ0) is 20.8. The number of piperidine rings is 1. The van der Waals surface area contributed by atoms with Gasteiger partial charge in [-0.15, -0.1) is 0 Å². The van der Waals surface area contributed by atoms with Gasteiger partial charge in [-0.3, -0.25) is 14.6 Å². The first kappa shape index (κ1) is 21.1. The minimum atomic E-state index is 0.212. The molecule has 2 aromatic carbocycles. The van der Waals surface area contributed by atoms with Crippen LogP contribution < -0.4 is 0 Å². The van der Waals surface area contributed by atoms with E-state index in [0.717, 1.165) is 71.6 Å². The second-order valence-electron chi connectivity index (χ2n) is 8.81. The summed E-state index contributed by atoms with van der Waals surface area (Å²) >= 11 is 0. The maximum atomic E-state index is 13.0. The number of hydrogen-bond acceptors (Lipinski definition) is 3. The average Bonchev–Trinajstić information content (AvgIpc) is 2.81. The summed E-state index contributed by atoms with van der Waals surface area (Å²) in [5.41, 5.74) is 4.13. The Hall–Kier alpha value is -2.17. The van der Waals surface area contributed by atoms with Crippen LogP contribution in [0.2, 0.25) is 0 Å². The standard InChI is InChI=1S/C26H35N3O/c1-2-22-8-10-24(11-9-22)21-27-14-12-25(13-15-27)26(30)29-18-16-28(17-19-29)20-23-6-4-3-5-7-23/h3-11,25H,2,12-21H2,1H3. The van der Waals surface area contributed by atoms with Gasteiger partial charge in [-0.05, 0) is 49.0 Å². The van der Waals surface area contributed by atoms with Crippen molar-refractivity contribution in [3.8, 4) is 0 Å². The van der Waals surface area contributed by atoms with E-state index in [-0.39, 0.29) is 5.92 Å². The van der Waals surface area contributed by atoms with Crippen LogP contribution in [-0.2, 0) is 24.3 Å². The molecule has 0 atom stereocenters. The first-order chi connectivity index (χ1) is 14.7. The summed E-state index contributed by atoms with van der Waals surface area (Å²) in [7, 11) is 0. The third kappa shape index (κ3) is 5.50. The molecule has 4 rings (SSSR count). The number of likely N-dealkylation sites (tertiary alicyclic amines) is 1. The van der Waals surface area contributed by atoms with E-state index in [1.807, 2.05) is 0 Å². The Kier molecular flexibility index (Phi) is 7.19. The van der Waals surface area contributed by atoms with Crippen molar-refractivity contribution < 1.29 is 4.79 Å². The molecule has 0 aliphatic carbocycles. The van der Waals surface area contributed by atoms with Gasteiger partial charge in [0.2, 0.25) is 5.91 Å². The van der Waals surface area contributed by atoms with E-state index in [2.05, 4.69) is 76.2 Å². The minimum absolute atomic E-state index is 0.212. The highest BCUT2D eigenvalue weighted by Gasteiger charge is 2.30. The normalized spacial score (nSPS) is 19.2. The molecule has 2 aromatic rings. The Bertz CT molecular complexity index is 789. The highest BCUT2D eigenvalue weighted by Crippen LogP contribution is 2.22. The van der Waals surface area contributed by atoms with Crippen LogP contribution in [0.15, 0.2) is 54.6 Å². The molecule has 2 saturated heterocycles. The van der Waals surface area contributed by atoms with Gasteiger partial charge in [-0.25, -0.2) is 0 Å². The molecule has 2 aliphatic heterocycles. The molecule has 2 fully saturated rings. The third-order valence-electron chi connectivity index (χ3n) is 6.71. The highest BCUT2D eigenvalue weighted by atomic mass is 16.2. The molecule has 0 saturated carbocycles. The third-order valence-corrected chi connectivity index (χ3v) is 6.71.